The van der Waals surface area contributed by atoms with Crippen molar-refractivity contribution in [3.05, 3.63) is 29.8 Å². The van der Waals surface area contributed by atoms with Crippen molar-refractivity contribution in [1.82, 2.24) is 5.32 Å². The first-order valence-corrected chi connectivity index (χ1v) is 6.99. The first-order chi connectivity index (χ1) is 9.06. The van der Waals surface area contributed by atoms with Crippen molar-refractivity contribution in [3.8, 4) is 0 Å². The second kappa shape index (κ2) is 6.28. The molecule has 2 N–H and O–H groups in total. The maximum Gasteiger partial charge on any atom is 0.171 e. The molecule has 19 heavy (non-hydrogen) atoms. The van der Waals surface area contributed by atoms with E-state index in [1.165, 1.54) is 25.3 Å². The number of benzene rings is 1. The normalized spacial score (nSPS) is 22.9. The predicted octanol–water partition coefficient (Wildman–Crippen LogP) is 3.83. The second-order valence-electron chi connectivity index (χ2n) is 5.10. The summed E-state index contributed by atoms with van der Waals surface area (Å²) in [5.41, 5.74) is 0.458. The fourth-order valence-electron chi connectivity index (χ4n) is 2.44. The quantitative estimate of drug-likeness (QED) is 0.807. The smallest absolute Gasteiger partial charge is 0.171 e. The molecule has 1 fully saturated rings. The molecule has 0 radical (unpaired) electrons. The van der Waals surface area contributed by atoms with Gasteiger partial charge in [0.15, 0.2) is 16.7 Å². The molecule has 0 unspecified atom stereocenters. The highest BCUT2D eigenvalue weighted by atomic mass is 32.1. The number of halogens is 2. The average Bonchev–Trinajstić information content (AvgIpc) is 2.37. The summed E-state index contributed by atoms with van der Waals surface area (Å²) in [6, 6.07) is 4.02. The van der Waals surface area contributed by atoms with E-state index in [0.717, 1.165) is 18.6 Å². The SMILES string of the molecule is C[C@@H]1CCCC[C@@H]1NC(=S)Nc1ccc(F)c(F)c1. The Balaban J connectivity index is 1.91. The lowest BCUT2D eigenvalue weighted by Crippen LogP contribution is -2.43. The Bertz CT molecular complexity index is 465. The third-order valence-corrected chi connectivity index (χ3v) is 3.83. The molecular weight excluding hydrogens is 266 g/mol. The van der Waals surface area contributed by atoms with E-state index in [9.17, 15) is 8.78 Å². The molecule has 0 heterocycles. The summed E-state index contributed by atoms with van der Waals surface area (Å²) in [4.78, 5) is 0. The van der Waals surface area contributed by atoms with Gasteiger partial charge in [-0.3, -0.25) is 0 Å². The van der Waals surface area contributed by atoms with Gasteiger partial charge in [0.25, 0.3) is 0 Å². The van der Waals surface area contributed by atoms with E-state index in [-0.39, 0.29) is 0 Å². The van der Waals surface area contributed by atoms with Crippen molar-refractivity contribution >= 4 is 23.0 Å². The Morgan fingerprint density at radius 1 is 1.21 bits per heavy atom. The average molecular weight is 284 g/mol. The molecule has 1 aliphatic carbocycles. The van der Waals surface area contributed by atoms with Crippen molar-refractivity contribution in [3.63, 3.8) is 0 Å². The van der Waals surface area contributed by atoms with Crippen LogP contribution in [0.5, 0.6) is 0 Å². The number of nitrogens with one attached hydrogen (secondary N) is 2. The third kappa shape index (κ3) is 3.86. The van der Waals surface area contributed by atoms with E-state index in [1.807, 2.05) is 0 Å². The Morgan fingerprint density at radius 2 is 1.95 bits per heavy atom. The lowest BCUT2D eigenvalue weighted by molar-refractivity contribution is 0.309. The molecule has 5 heteroatoms. The van der Waals surface area contributed by atoms with Crippen LogP contribution in [0.15, 0.2) is 18.2 Å². The zero-order valence-electron chi connectivity index (χ0n) is 10.9. The van der Waals surface area contributed by atoms with Crippen LogP contribution in [0.3, 0.4) is 0 Å². The minimum atomic E-state index is -0.876. The van der Waals surface area contributed by atoms with Crippen molar-refractivity contribution in [2.45, 2.75) is 38.6 Å². The summed E-state index contributed by atoms with van der Waals surface area (Å²) in [5, 5.41) is 6.61. The third-order valence-electron chi connectivity index (χ3n) is 3.61. The molecular formula is C14H18F2N2S. The number of rotatable bonds is 2. The second-order valence-corrected chi connectivity index (χ2v) is 5.50. The summed E-state index contributed by atoms with van der Waals surface area (Å²) in [7, 11) is 0. The van der Waals surface area contributed by atoms with Gasteiger partial charge in [-0.25, -0.2) is 8.78 Å². The van der Waals surface area contributed by atoms with Gasteiger partial charge in [0, 0.05) is 17.8 Å². The van der Waals surface area contributed by atoms with Crippen molar-refractivity contribution in [2.24, 2.45) is 5.92 Å². The van der Waals surface area contributed by atoms with Crippen LogP contribution in [0.4, 0.5) is 14.5 Å². The van der Waals surface area contributed by atoms with Crippen LogP contribution in [0.25, 0.3) is 0 Å². The summed E-state index contributed by atoms with van der Waals surface area (Å²) in [5.74, 6) is -1.15. The highest BCUT2D eigenvalue weighted by Crippen LogP contribution is 2.23. The fourth-order valence-corrected chi connectivity index (χ4v) is 2.71. The number of anilines is 1. The Hall–Kier alpha value is -1.23. The van der Waals surface area contributed by atoms with E-state index in [4.69, 9.17) is 12.2 Å². The van der Waals surface area contributed by atoms with Gasteiger partial charge in [-0.2, -0.15) is 0 Å². The van der Waals surface area contributed by atoms with Crippen molar-refractivity contribution < 1.29 is 8.78 Å². The van der Waals surface area contributed by atoms with Crippen LogP contribution in [0.2, 0.25) is 0 Å². The molecule has 0 amide bonds. The molecule has 2 rings (SSSR count). The van der Waals surface area contributed by atoms with Crippen LogP contribution >= 0.6 is 12.2 Å². The Labute approximate surface area is 117 Å². The summed E-state index contributed by atoms with van der Waals surface area (Å²) in [6.45, 7) is 2.21. The predicted molar refractivity (Wildman–Crippen MR) is 77.1 cm³/mol. The molecule has 1 aromatic carbocycles. The molecule has 1 saturated carbocycles. The van der Waals surface area contributed by atoms with E-state index < -0.39 is 11.6 Å². The minimum absolute atomic E-state index is 0.360. The molecule has 1 aromatic rings. The largest absolute Gasteiger partial charge is 0.359 e. The van der Waals surface area contributed by atoms with Crippen LogP contribution in [0.1, 0.15) is 32.6 Å². The standard InChI is InChI=1S/C14H18F2N2S/c1-9-4-2-3-5-13(9)18-14(19)17-10-6-7-11(15)12(16)8-10/h6-9,13H,2-5H2,1H3,(H2,17,18,19)/t9-,13+/m1/s1. The highest BCUT2D eigenvalue weighted by molar-refractivity contribution is 7.80. The van der Waals surface area contributed by atoms with E-state index in [2.05, 4.69) is 17.6 Å². The van der Waals surface area contributed by atoms with Crippen LogP contribution in [0, 0.1) is 17.6 Å². The minimum Gasteiger partial charge on any atom is -0.359 e. The lowest BCUT2D eigenvalue weighted by atomic mass is 9.86. The molecule has 2 nitrogen and oxygen atoms in total. The van der Waals surface area contributed by atoms with Gasteiger partial charge in [-0.05, 0) is 43.1 Å². The molecule has 1 aliphatic rings. The van der Waals surface area contributed by atoms with Gasteiger partial charge in [0.2, 0.25) is 0 Å². The first-order valence-electron chi connectivity index (χ1n) is 6.59. The maximum absolute atomic E-state index is 13.1. The van der Waals surface area contributed by atoms with E-state index >= 15 is 0 Å². The van der Waals surface area contributed by atoms with Crippen molar-refractivity contribution in [2.75, 3.05) is 5.32 Å². The molecule has 0 aliphatic heterocycles. The first kappa shape index (κ1) is 14.2. The van der Waals surface area contributed by atoms with Gasteiger partial charge >= 0.3 is 0 Å². The van der Waals surface area contributed by atoms with E-state index in [1.54, 1.807) is 0 Å². The number of thiocarbonyl (C=S) groups is 1. The van der Waals surface area contributed by atoms with Gasteiger partial charge < -0.3 is 10.6 Å². The van der Waals surface area contributed by atoms with Gasteiger partial charge in [-0.15, -0.1) is 0 Å². The number of hydrogen-bond donors (Lipinski definition) is 2. The topological polar surface area (TPSA) is 24.1 Å². The Kier molecular flexibility index (Phi) is 4.69. The zero-order valence-corrected chi connectivity index (χ0v) is 11.7. The molecule has 0 spiro atoms. The molecule has 2 atom stereocenters. The maximum atomic E-state index is 13.1. The molecule has 104 valence electrons. The lowest BCUT2D eigenvalue weighted by Gasteiger charge is -2.30. The van der Waals surface area contributed by atoms with Gasteiger partial charge in [-0.1, -0.05) is 19.8 Å². The van der Waals surface area contributed by atoms with Crippen LogP contribution in [-0.2, 0) is 0 Å². The number of hydrogen-bond acceptors (Lipinski definition) is 1. The van der Waals surface area contributed by atoms with Crippen LogP contribution in [-0.4, -0.2) is 11.2 Å². The summed E-state index contributed by atoms with van der Waals surface area (Å²) >= 11 is 5.21. The molecule has 0 bridgehead atoms. The zero-order chi connectivity index (χ0) is 13.8. The van der Waals surface area contributed by atoms with Crippen molar-refractivity contribution in [1.29, 1.82) is 0 Å². The molecule has 0 aromatic heterocycles. The fraction of sp³-hybridized carbons (Fsp3) is 0.500. The monoisotopic (exact) mass is 284 g/mol. The molecule has 0 saturated heterocycles. The summed E-state index contributed by atoms with van der Waals surface area (Å²) in [6.07, 6.45) is 4.77. The highest BCUT2D eigenvalue weighted by Gasteiger charge is 2.21. The summed E-state index contributed by atoms with van der Waals surface area (Å²) < 4.78 is 25.9. The van der Waals surface area contributed by atoms with Gasteiger partial charge in [0.1, 0.15) is 0 Å². The van der Waals surface area contributed by atoms with Gasteiger partial charge in [0.05, 0.1) is 0 Å². The van der Waals surface area contributed by atoms with Crippen LogP contribution < -0.4 is 10.6 Å². The van der Waals surface area contributed by atoms with E-state index in [0.29, 0.717) is 22.8 Å². The Morgan fingerprint density at radius 3 is 2.63 bits per heavy atom.